The molecule has 1 N–H and O–H groups in total. The first-order valence-corrected chi connectivity index (χ1v) is 9.01. The second-order valence-corrected chi connectivity index (χ2v) is 6.53. The molecular formula is C20H20FN5O. The Morgan fingerprint density at radius 1 is 0.963 bits per heavy atom. The Bertz CT molecular complexity index is 914. The van der Waals surface area contributed by atoms with Crippen LogP contribution in [0.2, 0.25) is 0 Å². The Labute approximate surface area is 156 Å². The number of rotatable bonds is 4. The normalized spacial score (nSPS) is 14.2. The van der Waals surface area contributed by atoms with Gasteiger partial charge in [0.05, 0.1) is 24.4 Å². The van der Waals surface area contributed by atoms with Crippen molar-refractivity contribution in [3.63, 3.8) is 0 Å². The van der Waals surface area contributed by atoms with Crippen LogP contribution in [0.5, 0.6) is 0 Å². The molecule has 4 rings (SSSR count). The summed E-state index contributed by atoms with van der Waals surface area (Å²) in [4.78, 5) is 23.3. The minimum absolute atomic E-state index is 0.324. The summed E-state index contributed by atoms with van der Waals surface area (Å²) in [5.74, 6) is -0.175. The zero-order chi connectivity index (χ0) is 18.6. The summed E-state index contributed by atoms with van der Waals surface area (Å²) in [6.07, 6.45) is 8.46. The van der Waals surface area contributed by atoms with Crippen LogP contribution >= 0.6 is 0 Å². The molecule has 1 aliphatic rings. The van der Waals surface area contributed by atoms with Crippen LogP contribution in [0.3, 0.4) is 0 Å². The predicted octanol–water partition coefficient (Wildman–Crippen LogP) is 3.65. The molecule has 0 radical (unpaired) electrons. The van der Waals surface area contributed by atoms with Crippen molar-refractivity contribution in [2.45, 2.75) is 19.3 Å². The van der Waals surface area contributed by atoms with Crippen LogP contribution < -0.4 is 10.2 Å². The number of imidazole rings is 1. The summed E-state index contributed by atoms with van der Waals surface area (Å²) < 4.78 is 14.7. The van der Waals surface area contributed by atoms with E-state index in [9.17, 15) is 9.18 Å². The largest absolute Gasteiger partial charge is 0.370 e. The fourth-order valence-corrected chi connectivity index (χ4v) is 3.25. The lowest BCUT2D eigenvalue weighted by molar-refractivity contribution is 0.102. The monoisotopic (exact) mass is 365 g/mol. The quantitative estimate of drug-likeness (QED) is 0.767. The fraction of sp³-hybridized carbons (Fsp3) is 0.250. The summed E-state index contributed by atoms with van der Waals surface area (Å²) in [5.41, 5.74) is 2.08. The number of hydrogen-bond acceptors (Lipinski definition) is 4. The molecule has 0 aliphatic carbocycles. The zero-order valence-electron chi connectivity index (χ0n) is 14.8. The lowest BCUT2D eigenvalue weighted by Crippen LogP contribution is -2.29. The number of halogens is 1. The van der Waals surface area contributed by atoms with E-state index in [1.807, 2.05) is 6.07 Å². The van der Waals surface area contributed by atoms with Crippen LogP contribution in [0.25, 0.3) is 5.69 Å². The Kier molecular flexibility index (Phi) is 4.82. The van der Waals surface area contributed by atoms with Crippen molar-refractivity contribution in [1.82, 2.24) is 14.5 Å². The van der Waals surface area contributed by atoms with E-state index in [1.54, 1.807) is 29.0 Å². The molecule has 3 aromatic rings. The molecule has 0 atom stereocenters. The Balaban J connectivity index is 1.48. The average Bonchev–Trinajstić information content (AvgIpc) is 3.20. The Morgan fingerprint density at radius 3 is 2.41 bits per heavy atom. The zero-order valence-corrected chi connectivity index (χ0v) is 14.8. The highest BCUT2D eigenvalue weighted by atomic mass is 19.1. The standard InChI is InChI=1S/C20H20FN5O/c21-15-4-6-16(7-5-15)26-14-22-13-18(26)20(27)24-19-9-8-17(12-23-19)25-10-2-1-3-11-25/h4-9,12-14H,1-3,10-11H2,(H,23,24,27). The number of piperidine rings is 1. The van der Waals surface area contributed by atoms with E-state index < -0.39 is 0 Å². The maximum Gasteiger partial charge on any atom is 0.275 e. The highest BCUT2D eigenvalue weighted by molar-refractivity contribution is 6.02. The molecule has 6 nitrogen and oxygen atoms in total. The van der Waals surface area contributed by atoms with Gasteiger partial charge in [-0.3, -0.25) is 9.36 Å². The number of pyridine rings is 1. The molecule has 0 spiro atoms. The topological polar surface area (TPSA) is 63.1 Å². The van der Waals surface area contributed by atoms with Crippen molar-refractivity contribution < 1.29 is 9.18 Å². The summed E-state index contributed by atoms with van der Waals surface area (Å²) in [7, 11) is 0. The van der Waals surface area contributed by atoms with Crippen LogP contribution in [0.15, 0.2) is 55.1 Å². The number of carbonyl (C=O) groups is 1. The maximum absolute atomic E-state index is 13.1. The fourth-order valence-electron chi connectivity index (χ4n) is 3.25. The molecule has 1 fully saturated rings. The van der Waals surface area contributed by atoms with Crippen LogP contribution in [-0.2, 0) is 0 Å². The molecule has 1 aliphatic heterocycles. The van der Waals surface area contributed by atoms with E-state index in [2.05, 4.69) is 20.2 Å². The SMILES string of the molecule is O=C(Nc1ccc(N2CCCCC2)cn1)c1cncn1-c1ccc(F)cc1. The summed E-state index contributed by atoms with van der Waals surface area (Å²) in [6, 6.07) is 9.67. The third-order valence-electron chi connectivity index (χ3n) is 4.69. The number of anilines is 2. The van der Waals surface area contributed by atoms with Crippen molar-refractivity contribution in [2.24, 2.45) is 0 Å². The molecule has 2 aromatic heterocycles. The molecular weight excluding hydrogens is 345 g/mol. The third-order valence-corrected chi connectivity index (χ3v) is 4.69. The second-order valence-electron chi connectivity index (χ2n) is 6.53. The Morgan fingerprint density at radius 2 is 1.70 bits per heavy atom. The van der Waals surface area contributed by atoms with Crippen molar-refractivity contribution in [1.29, 1.82) is 0 Å². The lowest BCUT2D eigenvalue weighted by atomic mass is 10.1. The van der Waals surface area contributed by atoms with Gasteiger partial charge in [0, 0.05) is 18.8 Å². The van der Waals surface area contributed by atoms with Gasteiger partial charge in [-0.15, -0.1) is 0 Å². The van der Waals surface area contributed by atoms with Gasteiger partial charge in [0.25, 0.3) is 5.91 Å². The van der Waals surface area contributed by atoms with Gasteiger partial charge in [0.2, 0.25) is 0 Å². The van der Waals surface area contributed by atoms with Crippen LogP contribution in [-0.4, -0.2) is 33.5 Å². The molecule has 0 saturated carbocycles. The van der Waals surface area contributed by atoms with Crippen molar-refractivity contribution in [3.05, 3.63) is 66.6 Å². The number of amides is 1. The first kappa shape index (κ1) is 17.2. The van der Waals surface area contributed by atoms with Gasteiger partial charge < -0.3 is 10.2 Å². The van der Waals surface area contributed by atoms with E-state index in [0.717, 1.165) is 18.8 Å². The third kappa shape index (κ3) is 3.81. The van der Waals surface area contributed by atoms with Crippen molar-refractivity contribution in [2.75, 3.05) is 23.3 Å². The first-order chi connectivity index (χ1) is 13.2. The van der Waals surface area contributed by atoms with Gasteiger partial charge >= 0.3 is 0 Å². The molecule has 1 aromatic carbocycles. The lowest BCUT2D eigenvalue weighted by Gasteiger charge is -2.28. The van der Waals surface area contributed by atoms with Gasteiger partial charge in [0.15, 0.2) is 0 Å². The number of hydrogen-bond donors (Lipinski definition) is 1. The van der Waals surface area contributed by atoms with E-state index >= 15 is 0 Å². The van der Waals surface area contributed by atoms with E-state index in [-0.39, 0.29) is 11.7 Å². The molecule has 1 amide bonds. The molecule has 1 saturated heterocycles. The molecule has 0 bridgehead atoms. The highest BCUT2D eigenvalue weighted by Gasteiger charge is 2.15. The summed E-state index contributed by atoms with van der Waals surface area (Å²) in [6.45, 7) is 2.09. The van der Waals surface area contributed by atoms with Crippen LogP contribution in [0, 0.1) is 5.82 Å². The van der Waals surface area contributed by atoms with Crippen molar-refractivity contribution >= 4 is 17.4 Å². The summed E-state index contributed by atoms with van der Waals surface area (Å²) in [5, 5.41) is 2.79. The molecule has 138 valence electrons. The summed E-state index contributed by atoms with van der Waals surface area (Å²) >= 11 is 0. The molecule has 0 unspecified atom stereocenters. The van der Waals surface area contributed by atoms with E-state index in [0.29, 0.717) is 17.2 Å². The van der Waals surface area contributed by atoms with Gasteiger partial charge in [-0.2, -0.15) is 0 Å². The van der Waals surface area contributed by atoms with Gasteiger partial charge in [-0.1, -0.05) is 0 Å². The van der Waals surface area contributed by atoms with E-state index in [1.165, 1.54) is 43.9 Å². The number of benzene rings is 1. The number of nitrogens with zero attached hydrogens (tertiary/aromatic N) is 4. The molecule has 7 heteroatoms. The molecule has 27 heavy (non-hydrogen) atoms. The Hall–Kier alpha value is -3.22. The van der Waals surface area contributed by atoms with Gasteiger partial charge in [-0.25, -0.2) is 14.4 Å². The van der Waals surface area contributed by atoms with Crippen molar-refractivity contribution in [3.8, 4) is 5.69 Å². The number of carbonyl (C=O) groups excluding carboxylic acids is 1. The van der Waals surface area contributed by atoms with Crippen LogP contribution in [0.4, 0.5) is 15.9 Å². The molecule has 3 heterocycles. The average molecular weight is 365 g/mol. The highest BCUT2D eigenvalue weighted by Crippen LogP contribution is 2.20. The minimum Gasteiger partial charge on any atom is -0.370 e. The van der Waals surface area contributed by atoms with Crippen LogP contribution in [0.1, 0.15) is 29.8 Å². The first-order valence-electron chi connectivity index (χ1n) is 9.01. The van der Waals surface area contributed by atoms with Gasteiger partial charge in [-0.05, 0) is 55.7 Å². The van der Waals surface area contributed by atoms with E-state index in [4.69, 9.17) is 0 Å². The number of nitrogens with one attached hydrogen (secondary N) is 1. The second kappa shape index (κ2) is 7.57. The minimum atomic E-state index is -0.331. The predicted molar refractivity (Wildman–Crippen MR) is 102 cm³/mol. The number of aromatic nitrogens is 3. The maximum atomic E-state index is 13.1. The smallest absolute Gasteiger partial charge is 0.275 e. The van der Waals surface area contributed by atoms with Gasteiger partial charge in [0.1, 0.15) is 17.3 Å².